The summed E-state index contributed by atoms with van der Waals surface area (Å²) in [5, 5.41) is 3.15. The van der Waals surface area contributed by atoms with Crippen LogP contribution in [0.15, 0.2) is 36.7 Å². The molecule has 3 heterocycles. The molecule has 1 amide bonds. The van der Waals surface area contributed by atoms with Gasteiger partial charge in [-0.1, -0.05) is 18.2 Å². The van der Waals surface area contributed by atoms with Crippen LogP contribution in [0, 0.1) is 0 Å². The van der Waals surface area contributed by atoms with Gasteiger partial charge in [0.15, 0.2) is 0 Å². The normalized spacial score (nSPS) is 20.3. The second-order valence-corrected chi connectivity index (χ2v) is 6.04. The molecule has 1 aromatic carbocycles. The first-order valence-electron chi connectivity index (χ1n) is 8.03. The van der Waals surface area contributed by atoms with Crippen molar-refractivity contribution in [2.24, 2.45) is 0 Å². The molecule has 23 heavy (non-hydrogen) atoms. The summed E-state index contributed by atoms with van der Waals surface area (Å²) in [4.78, 5) is 18.9. The fourth-order valence-corrected chi connectivity index (χ4v) is 3.29. The fraction of sp³-hybridized carbons (Fsp3) is 0.412. The summed E-state index contributed by atoms with van der Waals surface area (Å²) in [7, 11) is 0. The van der Waals surface area contributed by atoms with Gasteiger partial charge in [-0.3, -0.25) is 9.69 Å². The Hall–Kier alpha value is -2.34. The smallest absolute Gasteiger partial charge is 0.234 e. The lowest BCUT2D eigenvalue weighted by molar-refractivity contribution is -0.123. The number of fused-ring (bicyclic) bond motifs is 2. The highest BCUT2D eigenvalue weighted by atomic mass is 16.5. The molecule has 4 rings (SSSR count). The topological polar surface area (TPSA) is 59.4 Å². The van der Waals surface area contributed by atoms with Crippen molar-refractivity contribution in [2.45, 2.75) is 25.6 Å². The van der Waals surface area contributed by atoms with Gasteiger partial charge < -0.3 is 14.6 Å². The van der Waals surface area contributed by atoms with Gasteiger partial charge in [-0.05, 0) is 6.07 Å². The molecule has 6 nitrogen and oxygen atoms in total. The number of para-hydroxylation sites is 1. The maximum atomic E-state index is 12.4. The molecular weight excluding hydrogens is 292 g/mol. The standard InChI is InChI=1S/C17H20N4O2/c22-17(12-20-8-9-21-7-6-18-16(21)11-20)19-14-5-10-23-15-4-2-1-3-13(14)15/h1-4,6-7,14H,5,8-12H2,(H,19,22)/t14-/m1/s1. The van der Waals surface area contributed by atoms with Crippen LogP contribution in [-0.2, 0) is 17.9 Å². The zero-order valence-corrected chi connectivity index (χ0v) is 12.9. The van der Waals surface area contributed by atoms with Gasteiger partial charge in [0, 0.05) is 37.5 Å². The van der Waals surface area contributed by atoms with Crippen LogP contribution < -0.4 is 10.1 Å². The summed E-state index contributed by atoms with van der Waals surface area (Å²) in [6.07, 6.45) is 4.62. The van der Waals surface area contributed by atoms with E-state index in [1.165, 1.54) is 0 Å². The van der Waals surface area contributed by atoms with Crippen molar-refractivity contribution in [1.29, 1.82) is 0 Å². The lowest BCUT2D eigenvalue weighted by atomic mass is 10.0. The molecule has 0 radical (unpaired) electrons. The molecule has 2 aromatic rings. The van der Waals surface area contributed by atoms with Crippen LogP contribution in [0.3, 0.4) is 0 Å². The predicted octanol–water partition coefficient (Wildman–Crippen LogP) is 1.34. The molecule has 0 unspecified atom stereocenters. The Labute approximate surface area is 135 Å². The summed E-state index contributed by atoms with van der Waals surface area (Å²) in [6, 6.07) is 7.96. The zero-order chi connectivity index (χ0) is 15.6. The minimum absolute atomic E-state index is 0.0410. The van der Waals surface area contributed by atoms with E-state index in [2.05, 4.69) is 19.8 Å². The number of hydrogen-bond donors (Lipinski definition) is 1. The summed E-state index contributed by atoms with van der Waals surface area (Å²) in [5.41, 5.74) is 1.07. The van der Waals surface area contributed by atoms with Gasteiger partial charge in [-0.25, -0.2) is 4.98 Å². The van der Waals surface area contributed by atoms with Crippen LogP contribution in [0.1, 0.15) is 23.9 Å². The molecule has 1 N–H and O–H groups in total. The quantitative estimate of drug-likeness (QED) is 0.929. The first kappa shape index (κ1) is 14.3. The first-order chi connectivity index (χ1) is 11.3. The lowest BCUT2D eigenvalue weighted by Gasteiger charge is -2.29. The van der Waals surface area contributed by atoms with E-state index >= 15 is 0 Å². The minimum Gasteiger partial charge on any atom is -0.493 e. The molecule has 1 atom stereocenters. The van der Waals surface area contributed by atoms with E-state index in [0.717, 1.165) is 43.2 Å². The number of rotatable bonds is 3. The third-order valence-corrected chi connectivity index (χ3v) is 4.48. The molecule has 0 spiro atoms. The van der Waals surface area contributed by atoms with Gasteiger partial charge >= 0.3 is 0 Å². The Morgan fingerprint density at radius 3 is 3.22 bits per heavy atom. The number of hydrogen-bond acceptors (Lipinski definition) is 4. The largest absolute Gasteiger partial charge is 0.493 e. The molecule has 0 saturated carbocycles. The SMILES string of the molecule is O=C(CN1CCn2ccnc2C1)N[C@@H]1CCOc2ccccc21. The second kappa shape index (κ2) is 6.04. The number of benzene rings is 1. The molecule has 0 bridgehead atoms. The Morgan fingerprint density at radius 2 is 2.26 bits per heavy atom. The van der Waals surface area contributed by atoms with E-state index in [-0.39, 0.29) is 11.9 Å². The maximum absolute atomic E-state index is 12.4. The second-order valence-electron chi connectivity index (χ2n) is 6.04. The Kier molecular flexibility index (Phi) is 3.75. The summed E-state index contributed by atoms with van der Waals surface area (Å²) in [5.74, 6) is 1.97. The monoisotopic (exact) mass is 312 g/mol. The van der Waals surface area contributed by atoms with Gasteiger partial charge in [0.2, 0.25) is 5.91 Å². The molecule has 0 aliphatic carbocycles. The maximum Gasteiger partial charge on any atom is 0.234 e. The fourth-order valence-electron chi connectivity index (χ4n) is 3.29. The Morgan fingerprint density at radius 1 is 1.35 bits per heavy atom. The van der Waals surface area contributed by atoms with Crippen molar-refractivity contribution in [3.63, 3.8) is 0 Å². The number of nitrogens with one attached hydrogen (secondary N) is 1. The van der Waals surface area contributed by atoms with Crippen LogP contribution in [0.25, 0.3) is 0 Å². The Balaban J connectivity index is 1.38. The molecule has 0 saturated heterocycles. The summed E-state index contributed by atoms with van der Waals surface area (Å²) >= 11 is 0. The van der Waals surface area contributed by atoms with Crippen LogP contribution >= 0.6 is 0 Å². The molecule has 0 fully saturated rings. The van der Waals surface area contributed by atoms with E-state index in [1.54, 1.807) is 0 Å². The molecule has 6 heteroatoms. The molecule has 1 aromatic heterocycles. The van der Waals surface area contributed by atoms with E-state index in [0.29, 0.717) is 13.2 Å². The number of carbonyl (C=O) groups is 1. The van der Waals surface area contributed by atoms with Crippen molar-refractivity contribution in [1.82, 2.24) is 19.8 Å². The van der Waals surface area contributed by atoms with Crippen molar-refractivity contribution >= 4 is 5.91 Å². The van der Waals surface area contributed by atoms with E-state index in [9.17, 15) is 4.79 Å². The zero-order valence-electron chi connectivity index (χ0n) is 12.9. The lowest BCUT2D eigenvalue weighted by Crippen LogP contribution is -2.43. The minimum atomic E-state index is 0.0410. The molecule has 2 aliphatic heterocycles. The molecule has 2 aliphatic rings. The third-order valence-electron chi connectivity index (χ3n) is 4.48. The number of imidazole rings is 1. The number of aromatic nitrogens is 2. The highest BCUT2D eigenvalue weighted by Crippen LogP contribution is 2.31. The molecule has 120 valence electrons. The van der Waals surface area contributed by atoms with Gasteiger partial charge in [0.25, 0.3) is 0 Å². The van der Waals surface area contributed by atoms with E-state index in [4.69, 9.17) is 4.74 Å². The van der Waals surface area contributed by atoms with Crippen LogP contribution in [-0.4, -0.2) is 40.1 Å². The highest BCUT2D eigenvalue weighted by Gasteiger charge is 2.24. The van der Waals surface area contributed by atoms with Crippen LogP contribution in [0.4, 0.5) is 0 Å². The van der Waals surface area contributed by atoms with Crippen LogP contribution in [0.5, 0.6) is 5.75 Å². The average Bonchev–Trinajstić information content (AvgIpc) is 3.03. The highest BCUT2D eigenvalue weighted by molar-refractivity contribution is 5.78. The number of ether oxygens (including phenoxy) is 1. The van der Waals surface area contributed by atoms with Crippen molar-refractivity contribution in [2.75, 3.05) is 19.7 Å². The van der Waals surface area contributed by atoms with E-state index in [1.807, 2.05) is 36.7 Å². The van der Waals surface area contributed by atoms with Gasteiger partial charge in [-0.15, -0.1) is 0 Å². The number of nitrogens with zero attached hydrogens (tertiary/aromatic N) is 3. The van der Waals surface area contributed by atoms with Crippen molar-refractivity contribution < 1.29 is 9.53 Å². The predicted molar refractivity (Wildman–Crippen MR) is 84.9 cm³/mol. The Bertz CT molecular complexity index is 712. The van der Waals surface area contributed by atoms with E-state index < -0.39 is 0 Å². The van der Waals surface area contributed by atoms with Crippen LogP contribution in [0.2, 0.25) is 0 Å². The third kappa shape index (κ3) is 2.94. The van der Waals surface area contributed by atoms with Gasteiger partial charge in [0.1, 0.15) is 11.6 Å². The average molecular weight is 312 g/mol. The number of amides is 1. The van der Waals surface area contributed by atoms with Crippen molar-refractivity contribution in [3.8, 4) is 5.75 Å². The first-order valence-corrected chi connectivity index (χ1v) is 8.03. The summed E-state index contributed by atoms with van der Waals surface area (Å²) < 4.78 is 7.78. The van der Waals surface area contributed by atoms with Gasteiger partial charge in [0.05, 0.1) is 25.7 Å². The summed E-state index contributed by atoms with van der Waals surface area (Å²) in [6.45, 7) is 3.55. The van der Waals surface area contributed by atoms with Gasteiger partial charge in [-0.2, -0.15) is 0 Å². The molecular formula is C17H20N4O2. The van der Waals surface area contributed by atoms with Crippen molar-refractivity contribution in [3.05, 3.63) is 48.0 Å². The number of carbonyl (C=O) groups excluding carboxylic acids is 1.